The maximum atomic E-state index is 11.8. The van der Waals surface area contributed by atoms with Crippen molar-refractivity contribution in [1.29, 1.82) is 0 Å². The van der Waals surface area contributed by atoms with Crippen molar-refractivity contribution in [2.75, 3.05) is 32.8 Å². The third kappa shape index (κ3) is 4.18. The maximum absolute atomic E-state index is 11.8. The van der Waals surface area contributed by atoms with Crippen LogP contribution in [0.25, 0.3) is 0 Å². The molecule has 1 N–H and O–H groups in total. The van der Waals surface area contributed by atoms with Crippen molar-refractivity contribution in [2.45, 2.75) is 46.1 Å². The van der Waals surface area contributed by atoms with Gasteiger partial charge in [-0.3, -0.25) is 9.69 Å². The first-order chi connectivity index (χ1) is 8.97. The van der Waals surface area contributed by atoms with Crippen molar-refractivity contribution in [3.8, 4) is 0 Å². The molecule has 0 aromatic carbocycles. The number of nitrogens with zero attached hydrogens (tertiary/aromatic N) is 1. The lowest BCUT2D eigenvalue weighted by atomic mass is 9.93. The molecule has 0 aromatic rings. The Morgan fingerprint density at radius 1 is 1.26 bits per heavy atom. The lowest BCUT2D eigenvalue weighted by Gasteiger charge is -2.35. The lowest BCUT2D eigenvalue weighted by molar-refractivity contribution is -0.128. The Bertz CT molecular complexity index is 298. The molecule has 0 unspecified atom stereocenters. The normalized spacial score (nSPS) is 26.6. The number of amides is 1. The van der Waals surface area contributed by atoms with Crippen LogP contribution >= 0.6 is 0 Å². The van der Waals surface area contributed by atoms with E-state index in [4.69, 9.17) is 4.74 Å². The van der Waals surface area contributed by atoms with E-state index in [2.05, 4.69) is 10.2 Å². The van der Waals surface area contributed by atoms with E-state index < -0.39 is 0 Å². The van der Waals surface area contributed by atoms with E-state index in [0.29, 0.717) is 12.0 Å². The fourth-order valence-corrected chi connectivity index (χ4v) is 2.83. The average molecular weight is 268 g/mol. The number of hydrogen-bond acceptors (Lipinski definition) is 3. The highest BCUT2D eigenvalue weighted by atomic mass is 16.5. The van der Waals surface area contributed by atoms with Crippen LogP contribution in [0.4, 0.5) is 0 Å². The maximum Gasteiger partial charge on any atom is 0.225 e. The number of nitrogens with one attached hydrogen (secondary N) is 1. The largest absolute Gasteiger partial charge is 0.380 e. The van der Waals surface area contributed by atoms with Gasteiger partial charge in [-0.1, -0.05) is 20.8 Å². The minimum Gasteiger partial charge on any atom is -0.380 e. The molecule has 2 heterocycles. The molecule has 0 aromatic heterocycles. The SMILES string of the molecule is CC(C)(C)C(=O)NCC1CCN([C@@H]2CCOC2)CC1. The van der Waals surface area contributed by atoms with E-state index in [1.54, 1.807) is 0 Å². The number of piperidine rings is 1. The lowest BCUT2D eigenvalue weighted by Crippen LogP contribution is -2.45. The van der Waals surface area contributed by atoms with Gasteiger partial charge in [-0.05, 0) is 38.3 Å². The molecule has 2 rings (SSSR count). The highest BCUT2D eigenvalue weighted by molar-refractivity contribution is 5.81. The fraction of sp³-hybridized carbons (Fsp3) is 0.933. The van der Waals surface area contributed by atoms with Crippen LogP contribution in [-0.4, -0.2) is 49.7 Å². The Morgan fingerprint density at radius 3 is 2.47 bits per heavy atom. The first kappa shape index (κ1) is 14.8. The van der Waals surface area contributed by atoms with Crippen molar-refractivity contribution < 1.29 is 9.53 Å². The van der Waals surface area contributed by atoms with Gasteiger partial charge in [0.25, 0.3) is 0 Å². The quantitative estimate of drug-likeness (QED) is 0.846. The molecule has 2 saturated heterocycles. The minimum atomic E-state index is -0.276. The van der Waals surface area contributed by atoms with Crippen molar-refractivity contribution in [3.05, 3.63) is 0 Å². The van der Waals surface area contributed by atoms with Crippen LogP contribution in [0.3, 0.4) is 0 Å². The summed E-state index contributed by atoms with van der Waals surface area (Å²) in [7, 11) is 0. The molecule has 19 heavy (non-hydrogen) atoms. The van der Waals surface area contributed by atoms with Gasteiger partial charge in [0, 0.05) is 24.6 Å². The average Bonchev–Trinajstić information content (AvgIpc) is 2.89. The fourth-order valence-electron chi connectivity index (χ4n) is 2.83. The van der Waals surface area contributed by atoms with Gasteiger partial charge in [0.05, 0.1) is 6.61 Å². The molecule has 4 nitrogen and oxygen atoms in total. The highest BCUT2D eigenvalue weighted by Crippen LogP contribution is 2.22. The van der Waals surface area contributed by atoms with Gasteiger partial charge >= 0.3 is 0 Å². The molecular weight excluding hydrogens is 240 g/mol. The number of rotatable bonds is 3. The van der Waals surface area contributed by atoms with E-state index in [1.807, 2.05) is 20.8 Å². The molecule has 0 spiro atoms. The van der Waals surface area contributed by atoms with Crippen molar-refractivity contribution in [2.24, 2.45) is 11.3 Å². The smallest absolute Gasteiger partial charge is 0.225 e. The molecule has 1 amide bonds. The molecule has 2 aliphatic heterocycles. The zero-order valence-electron chi connectivity index (χ0n) is 12.6. The summed E-state index contributed by atoms with van der Waals surface area (Å²) in [4.78, 5) is 14.4. The molecular formula is C15H28N2O2. The second-order valence-corrected chi connectivity index (χ2v) is 6.96. The predicted molar refractivity (Wildman–Crippen MR) is 76.0 cm³/mol. The number of ether oxygens (including phenoxy) is 1. The van der Waals surface area contributed by atoms with E-state index in [1.165, 1.54) is 19.3 Å². The molecule has 0 bridgehead atoms. The third-order valence-electron chi connectivity index (χ3n) is 4.30. The second-order valence-electron chi connectivity index (χ2n) is 6.96. The number of carbonyl (C=O) groups is 1. The first-order valence-electron chi connectivity index (χ1n) is 7.57. The molecule has 0 radical (unpaired) electrons. The molecule has 2 aliphatic rings. The molecule has 2 fully saturated rings. The van der Waals surface area contributed by atoms with Gasteiger partial charge in [0.2, 0.25) is 5.91 Å². The van der Waals surface area contributed by atoms with Crippen molar-refractivity contribution in [3.63, 3.8) is 0 Å². The van der Waals surface area contributed by atoms with Crippen molar-refractivity contribution >= 4 is 5.91 Å². The van der Waals surface area contributed by atoms with E-state index in [9.17, 15) is 4.79 Å². The van der Waals surface area contributed by atoms with Crippen LogP contribution < -0.4 is 5.32 Å². The van der Waals surface area contributed by atoms with Gasteiger partial charge in [-0.15, -0.1) is 0 Å². The van der Waals surface area contributed by atoms with Crippen LogP contribution in [-0.2, 0) is 9.53 Å². The standard InChI is InChI=1S/C15H28N2O2/c1-15(2,3)14(18)16-10-12-4-7-17(8-5-12)13-6-9-19-11-13/h12-13H,4-11H2,1-3H3,(H,16,18)/t13-/m1/s1. The van der Waals surface area contributed by atoms with E-state index in [0.717, 1.165) is 32.8 Å². The van der Waals surface area contributed by atoms with Crippen LogP contribution in [0.1, 0.15) is 40.0 Å². The Morgan fingerprint density at radius 2 is 1.95 bits per heavy atom. The topological polar surface area (TPSA) is 41.6 Å². The van der Waals surface area contributed by atoms with Gasteiger partial charge < -0.3 is 10.1 Å². The summed E-state index contributed by atoms with van der Waals surface area (Å²) in [5.41, 5.74) is -0.276. The summed E-state index contributed by atoms with van der Waals surface area (Å²) in [6, 6.07) is 0.644. The second kappa shape index (κ2) is 6.23. The highest BCUT2D eigenvalue weighted by Gasteiger charge is 2.28. The van der Waals surface area contributed by atoms with Crippen LogP contribution in [0.15, 0.2) is 0 Å². The predicted octanol–water partition coefficient (Wildman–Crippen LogP) is 1.65. The molecule has 0 aliphatic carbocycles. The summed E-state index contributed by atoms with van der Waals surface area (Å²) >= 11 is 0. The van der Waals surface area contributed by atoms with Gasteiger partial charge in [0.1, 0.15) is 0 Å². The molecule has 0 saturated carbocycles. The summed E-state index contributed by atoms with van der Waals surface area (Å²) in [6.07, 6.45) is 3.58. The summed E-state index contributed by atoms with van der Waals surface area (Å²) in [6.45, 7) is 10.9. The van der Waals surface area contributed by atoms with Crippen LogP contribution in [0.2, 0.25) is 0 Å². The van der Waals surface area contributed by atoms with Gasteiger partial charge in [-0.25, -0.2) is 0 Å². The van der Waals surface area contributed by atoms with Crippen molar-refractivity contribution in [1.82, 2.24) is 10.2 Å². The number of carbonyl (C=O) groups excluding carboxylic acids is 1. The van der Waals surface area contributed by atoms with Crippen LogP contribution in [0.5, 0.6) is 0 Å². The summed E-state index contributed by atoms with van der Waals surface area (Å²) < 4.78 is 5.45. The van der Waals surface area contributed by atoms with E-state index >= 15 is 0 Å². The number of hydrogen-bond donors (Lipinski definition) is 1. The van der Waals surface area contributed by atoms with Gasteiger partial charge in [0.15, 0.2) is 0 Å². The molecule has 4 heteroatoms. The summed E-state index contributed by atoms with van der Waals surface area (Å²) in [5.74, 6) is 0.809. The Hall–Kier alpha value is -0.610. The first-order valence-corrected chi connectivity index (χ1v) is 7.57. The molecule has 1 atom stereocenters. The molecule has 110 valence electrons. The monoisotopic (exact) mass is 268 g/mol. The van der Waals surface area contributed by atoms with Crippen LogP contribution in [0, 0.1) is 11.3 Å². The Kier molecular flexibility index (Phi) is 4.85. The summed E-state index contributed by atoms with van der Waals surface area (Å²) in [5, 5.41) is 3.09. The number of likely N-dealkylation sites (tertiary alicyclic amines) is 1. The van der Waals surface area contributed by atoms with Gasteiger partial charge in [-0.2, -0.15) is 0 Å². The zero-order chi connectivity index (χ0) is 13.9. The van der Waals surface area contributed by atoms with E-state index in [-0.39, 0.29) is 11.3 Å². The third-order valence-corrected chi connectivity index (χ3v) is 4.30. The Labute approximate surface area is 116 Å². The Balaban J connectivity index is 1.67. The zero-order valence-corrected chi connectivity index (χ0v) is 12.6. The minimum absolute atomic E-state index is 0.166.